The minimum absolute atomic E-state index is 0.00759. The third kappa shape index (κ3) is 3.18. The molecule has 2 atom stereocenters. The summed E-state index contributed by atoms with van der Waals surface area (Å²) in [5.74, 6) is -1.81. The van der Waals surface area contributed by atoms with Crippen molar-refractivity contribution in [2.45, 2.75) is 51.6 Å². The van der Waals surface area contributed by atoms with E-state index >= 15 is 0 Å². The van der Waals surface area contributed by atoms with E-state index in [1.165, 1.54) is 6.07 Å². The molecule has 0 aromatic rings. The van der Waals surface area contributed by atoms with E-state index in [4.69, 9.17) is 0 Å². The molecule has 5 nitrogen and oxygen atoms in total. The first kappa shape index (κ1) is 17.6. The average Bonchev–Trinajstić information content (AvgIpc) is 3.06. The summed E-state index contributed by atoms with van der Waals surface area (Å²) < 4.78 is 16.3. The molecule has 0 bridgehead atoms. The van der Waals surface area contributed by atoms with Gasteiger partial charge in [0.1, 0.15) is 5.82 Å². The number of benzene rings is 1. The highest BCUT2D eigenvalue weighted by Gasteiger charge is 2.30. The zero-order valence-electron chi connectivity index (χ0n) is 14.5. The van der Waals surface area contributed by atoms with Crippen LogP contribution in [0.5, 0.6) is 0 Å². The molecule has 2 heterocycles. The second kappa shape index (κ2) is 6.96. The second-order valence-electron chi connectivity index (χ2n) is 6.73. The molecule has 3 aliphatic rings. The predicted octanol–water partition coefficient (Wildman–Crippen LogP) is 3.19. The summed E-state index contributed by atoms with van der Waals surface area (Å²) in [6, 6.07) is 2.42. The molecule has 0 spiro atoms. The second-order valence-corrected chi connectivity index (χ2v) is 6.73. The lowest BCUT2D eigenvalue weighted by Gasteiger charge is -2.31. The number of hydrogen-bond acceptors (Lipinski definition) is 3. The van der Waals surface area contributed by atoms with Crippen molar-refractivity contribution in [3.63, 3.8) is 0 Å². The number of fused-ring (bicyclic) bond motifs is 1. The SMILES string of the molecule is CCCC([C@H]1CCCN1)n1cc2c(F)cc(=O)cc-2c(C(=O)O)c1C. The molecule has 2 N–H and O–H groups in total. The van der Waals surface area contributed by atoms with E-state index in [9.17, 15) is 19.1 Å². The molecule has 2 aliphatic heterocycles. The average molecular weight is 346 g/mol. The van der Waals surface area contributed by atoms with E-state index in [1.807, 2.05) is 4.57 Å². The maximum atomic E-state index is 14.4. The van der Waals surface area contributed by atoms with Crippen molar-refractivity contribution in [2.75, 3.05) is 6.54 Å². The van der Waals surface area contributed by atoms with Gasteiger partial charge >= 0.3 is 5.97 Å². The monoisotopic (exact) mass is 346 g/mol. The molecule has 25 heavy (non-hydrogen) atoms. The molecule has 0 saturated carbocycles. The van der Waals surface area contributed by atoms with Gasteiger partial charge in [-0.1, -0.05) is 13.3 Å². The lowest BCUT2D eigenvalue weighted by Crippen LogP contribution is -2.34. The van der Waals surface area contributed by atoms with Crippen LogP contribution in [0.2, 0.25) is 0 Å². The third-order valence-electron chi connectivity index (χ3n) is 5.11. The van der Waals surface area contributed by atoms with Gasteiger partial charge in [0.15, 0.2) is 5.43 Å². The normalized spacial score (nSPS) is 18.6. The summed E-state index contributed by atoms with van der Waals surface area (Å²) in [5.41, 5.74) is 0.389. The van der Waals surface area contributed by atoms with Gasteiger partial charge in [-0.2, -0.15) is 0 Å². The van der Waals surface area contributed by atoms with E-state index in [-0.39, 0.29) is 28.8 Å². The molecule has 0 aromatic heterocycles. The maximum absolute atomic E-state index is 14.4. The molecule has 1 aliphatic carbocycles. The highest BCUT2D eigenvalue weighted by Crippen LogP contribution is 2.34. The number of carbonyl (C=O) groups is 1. The number of carboxylic acids is 1. The first-order valence-corrected chi connectivity index (χ1v) is 8.75. The zero-order chi connectivity index (χ0) is 18.1. The number of halogens is 1. The lowest BCUT2D eigenvalue weighted by molar-refractivity contribution is 0.0695. The quantitative estimate of drug-likeness (QED) is 0.872. The van der Waals surface area contributed by atoms with E-state index in [0.29, 0.717) is 5.69 Å². The summed E-state index contributed by atoms with van der Waals surface area (Å²) in [6.07, 6.45) is 5.58. The fraction of sp³-hybridized carbons (Fsp3) is 0.474. The molecule has 1 fully saturated rings. The zero-order valence-corrected chi connectivity index (χ0v) is 14.5. The van der Waals surface area contributed by atoms with Gasteiger partial charge in [0.25, 0.3) is 0 Å². The Labute approximate surface area is 145 Å². The summed E-state index contributed by atoms with van der Waals surface area (Å²) in [4.78, 5) is 23.5. The van der Waals surface area contributed by atoms with Crippen molar-refractivity contribution in [1.29, 1.82) is 0 Å². The van der Waals surface area contributed by atoms with Crippen LogP contribution in [0.3, 0.4) is 0 Å². The number of nitrogens with zero attached hydrogens (tertiary/aromatic N) is 1. The Morgan fingerprint density at radius 3 is 2.80 bits per heavy atom. The summed E-state index contributed by atoms with van der Waals surface area (Å²) in [7, 11) is 0. The van der Waals surface area contributed by atoms with Crippen LogP contribution in [-0.2, 0) is 0 Å². The molecular formula is C19H23FN2O3. The van der Waals surface area contributed by atoms with Gasteiger partial charge in [-0.25, -0.2) is 9.18 Å². The largest absolute Gasteiger partial charge is 0.478 e. The van der Waals surface area contributed by atoms with E-state index in [2.05, 4.69) is 12.2 Å². The van der Waals surface area contributed by atoms with Crippen LogP contribution in [0.15, 0.2) is 23.1 Å². The van der Waals surface area contributed by atoms with E-state index in [1.54, 1.807) is 13.1 Å². The van der Waals surface area contributed by atoms with Crippen LogP contribution >= 0.6 is 0 Å². The number of pyridine rings is 1. The van der Waals surface area contributed by atoms with Gasteiger partial charge in [-0.15, -0.1) is 0 Å². The standard InChI is InChI=1S/C19H23FN2O3/c1-3-5-17(16-6-4-7-21-16)22-10-14-13(8-12(23)9-15(14)20)18(11(22)2)19(24)25/h8-10,16-17,21H,3-7H2,1-2H3,(H,24,25)/t16-,17?/m1/s1. The first-order valence-electron chi connectivity index (χ1n) is 8.75. The molecular weight excluding hydrogens is 323 g/mol. The topological polar surface area (TPSA) is 71.3 Å². The Balaban J connectivity index is 2.27. The van der Waals surface area contributed by atoms with Crippen LogP contribution in [-0.4, -0.2) is 28.2 Å². The van der Waals surface area contributed by atoms with Gasteiger partial charge in [-0.3, -0.25) is 4.79 Å². The van der Waals surface area contributed by atoms with Gasteiger partial charge in [0.2, 0.25) is 0 Å². The Morgan fingerprint density at radius 1 is 1.44 bits per heavy atom. The third-order valence-corrected chi connectivity index (χ3v) is 5.11. The Kier molecular flexibility index (Phi) is 4.90. The first-order chi connectivity index (χ1) is 11.9. The summed E-state index contributed by atoms with van der Waals surface area (Å²) in [6.45, 7) is 4.76. The van der Waals surface area contributed by atoms with E-state index < -0.39 is 17.2 Å². The molecule has 0 radical (unpaired) electrons. The number of aromatic nitrogens is 1. The molecule has 6 heteroatoms. The predicted molar refractivity (Wildman–Crippen MR) is 93.9 cm³/mol. The smallest absolute Gasteiger partial charge is 0.338 e. The van der Waals surface area contributed by atoms with Crippen LogP contribution in [0, 0.1) is 12.7 Å². The number of hydrogen-bond donors (Lipinski definition) is 2. The molecule has 3 rings (SSSR count). The molecule has 0 amide bonds. The number of nitrogens with one attached hydrogen (secondary N) is 1. The Morgan fingerprint density at radius 2 is 2.20 bits per heavy atom. The number of carboxylic acid groups (broad SMARTS) is 1. The molecule has 134 valence electrons. The minimum atomic E-state index is -1.14. The van der Waals surface area contributed by atoms with Gasteiger partial charge in [0, 0.05) is 41.2 Å². The molecule has 1 saturated heterocycles. The van der Waals surface area contributed by atoms with Crippen LogP contribution < -0.4 is 10.7 Å². The van der Waals surface area contributed by atoms with Crippen LogP contribution in [0.1, 0.15) is 54.7 Å². The highest BCUT2D eigenvalue weighted by molar-refractivity contribution is 5.97. The Bertz CT molecular complexity index is 824. The fourth-order valence-electron chi connectivity index (χ4n) is 3.98. The van der Waals surface area contributed by atoms with Crippen molar-refractivity contribution < 1.29 is 14.3 Å². The summed E-state index contributed by atoms with van der Waals surface area (Å²) in [5, 5.41) is 13.2. The van der Waals surface area contributed by atoms with Crippen molar-refractivity contribution in [2.24, 2.45) is 0 Å². The van der Waals surface area contributed by atoms with Crippen molar-refractivity contribution in [3.05, 3.63) is 45.6 Å². The van der Waals surface area contributed by atoms with Gasteiger partial charge < -0.3 is 15.0 Å². The van der Waals surface area contributed by atoms with E-state index in [0.717, 1.165) is 38.3 Å². The van der Waals surface area contributed by atoms with Crippen molar-refractivity contribution in [3.8, 4) is 11.1 Å². The number of aromatic carboxylic acids is 1. The van der Waals surface area contributed by atoms with Crippen molar-refractivity contribution >= 4 is 5.97 Å². The fourth-order valence-corrected chi connectivity index (χ4v) is 3.98. The molecule has 0 aromatic carbocycles. The highest BCUT2D eigenvalue weighted by atomic mass is 19.1. The Hall–Kier alpha value is -2.21. The number of rotatable bonds is 5. The summed E-state index contributed by atoms with van der Waals surface area (Å²) >= 11 is 0. The van der Waals surface area contributed by atoms with Crippen LogP contribution in [0.25, 0.3) is 11.1 Å². The molecule has 1 unspecified atom stereocenters. The maximum Gasteiger partial charge on any atom is 0.338 e. The van der Waals surface area contributed by atoms with Gasteiger partial charge in [-0.05, 0) is 38.8 Å². The van der Waals surface area contributed by atoms with Crippen LogP contribution in [0.4, 0.5) is 4.39 Å². The van der Waals surface area contributed by atoms with Crippen molar-refractivity contribution in [1.82, 2.24) is 9.88 Å². The minimum Gasteiger partial charge on any atom is -0.478 e. The lowest BCUT2D eigenvalue weighted by atomic mass is 9.94. The van der Waals surface area contributed by atoms with Gasteiger partial charge in [0.05, 0.1) is 5.56 Å².